The van der Waals surface area contributed by atoms with Crippen molar-refractivity contribution in [1.29, 1.82) is 0 Å². The maximum absolute atomic E-state index is 2.43. The van der Waals surface area contributed by atoms with Crippen molar-refractivity contribution in [1.82, 2.24) is 0 Å². The Hall–Kier alpha value is -3.90. The van der Waals surface area contributed by atoms with Crippen LogP contribution in [0.2, 0.25) is 0 Å². The van der Waals surface area contributed by atoms with Gasteiger partial charge in [0.15, 0.2) is 0 Å². The molecule has 0 nitrogen and oxygen atoms in total. The first-order chi connectivity index (χ1) is 16.2. The van der Waals surface area contributed by atoms with Gasteiger partial charge in [-0.15, -0.1) is 0 Å². The molecule has 5 aromatic carbocycles. The molecule has 1 aliphatic rings. The maximum atomic E-state index is 2.43. The van der Waals surface area contributed by atoms with Gasteiger partial charge in [-0.1, -0.05) is 126 Å². The van der Waals surface area contributed by atoms with Crippen molar-refractivity contribution < 1.29 is 0 Å². The highest BCUT2D eigenvalue weighted by Crippen LogP contribution is 2.56. The molecule has 0 aromatic heterocycles. The summed E-state index contributed by atoms with van der Waals surface area (Å²) in [6.07, 6.45) is 0. The zero-order valence-electron chi connectivity index (χ0n) is 19.0. The minimum Gasteiger partial charge on any atom is -0.0622 e. The molecule has 33 heavy (non-hydrogen) atoms. The Labute approximate surface area is 196 Å². The quantitative estimate of drug-likeness (QED) is 0.269. The van der Waals surface area contributed by atoms with Crippen LogP contribution in [0.4, 0.5) is 0 Å². The highest BCUT2D eigenvalue weighted by atomic mass is 14.5. The largest absolute Gasteiger partial charge is 0.0713 e. The van der Waals surface area contributed by atoms with Gasteiger partial charge in [0, 0.05) is 0 Å². The summed E-state index contributed by atoms with van der Waals surface area (Å²) in [7, 11) is 0. The van der Waals surface area contributed by atoms with Gasteiger partial charge in [-0.3, -0.25) is 0 Å². The lowest BCUT2D eigenvalue weighted by molar-refractivity contribution is 0.768. The predicted octanol–water partition coefficient (Wildman–Crippen LogP) is 8.33. The number of benzene rings is 5. The van der Waals surface area contributed by atoms with E-state index in [0.717, 1.165) is 0 Å². The van der Waals surface area contributed by atoms with Crippen LogP contribution in [0.25, 0.3) is 22.3 Å². The van der Waals surface area contributed by atoms with E-state index in [1.165, 1.54) is 55.6 Å². The summed E-state index contributed by atoms with van der Waals surface area (Å²) >= 11 is 0. The lowest BCUT2D eigenvalue weighted by atomic mass is 9.67. The van der Waals surface area contributed by atoms with Gasteiger partial charge in [-0.2, -0.15) is 0 Å². The second kappa shape index (κ2) is 7.60. The average molecular weight is 423 g/mol. The molecule has 0 unspecified atom stereocenters. The van der Waals surface area contributed by atoms with Gasteiger partial charge < -0.3 is 0 Å². The number of rotatable bonds is 3. The first kappa shape index (κ1) is 19.8. The zero-order valence-corrected chi connectivity index (χ0v) is 19.0. The van der Waals surface area contributed by atoms with E-state index in [0.29, 0.717) is 0 Å². The highest BCUT2D eigenvalue weighted by Gasteiger charge is 2.46. The van der Waals surface area contributed by atoms with Crippen LogP contribution in [-0.4, -0.2) is 0 Å². The van der Waals surface area contributed by atoms with E-state index >= 15 is 0 Å². The first-order valence-electron chi connectivity index (χ1n) is 11.6. The first-order valence-corrected chi connectivity index (χ1v) is 11.6. The molecule has 0 saturated carbocycles. The van der Waals surface area contributed by atoms with Crippen molar-refractivity contribution in [3.63, 3.8) is 0 Å². The minimum absolute atomic E-state index is 0.347. The van der Waals surface area contributed by atoms with E-state index < -0.39 is 0 Å². The van der Waals surface area contributed by atoms with E-state index in [2.05, 4.69) is 135 Å². The van der Waals surface area contributed by atoms with Gasteiger partial charge in [0.2, 0.25) is 0 Å². The molecule has 0 N–H and O–H groups in total. The van der Waals surface area contributed by atoms with Crippen LogP contribution in [0.3, 0.4) is 0 Å². The van der Waals surface area contributed by atoms with Gasteiger partial charge in [-0.05, 0) is 64.4 Å². The molecule has 1 aliphatic carbocycles. The lowest BCUT2D eigenvalue weighted by Gasteiger charge is -2.34. The molecule has 0 aliphatic heterocycles. The average Bonchev–Trinajstić information content (AvgIpc) is 3.15. The Morgan fingerprint density at radius 3 is 1.52 bits per heavy atom. The van der Waals surface area contributed by atoms with Crippen LogP contribution in [-0.2, 0) is 5.41 Å². The van der Waals surface area contributed by atoms with Crippen molar-refractivity contribution in [3.8, 4) is 22.3 Å². The Bertz CT molecular complexity index is 1400. The van der Waals surface area contributed by atoms with E-state index in [1.807, 2.05) is 0 Å². The Kier molecular flexibility index (Phi) is 4.55. The third-order valence-electron chi connectivity index (χ3n) is 7.09. The standard InChI is InChI=1S/C33H26/c1-23-13-16-25(17-14-23)26-18-20-30-29-19-15-24(2)21-31(29)33(32(30)22-26,27-9-5-3-6-10-27)28-11-7-4-8-12-28/h3-22H,1-2H3. The molecule has 158 valence electrons. The molecule has 0 heteroatoms. The molecule has 0 saturated heterocycles. The topological polar surface area (TPSA) is 0 Å². The van der Waals surface area contributed by atoms with Gasteiger partial charge in [0.25, 0.3) is 0 Å². The van der Waals surface area contributed by atoms with Crippen LogP contribution in [0.15, 0.2) is 121 Å². The molecule has 0 radical (unpaired) electrons. The number of fused-ring (bicyclic) bond motifs is 3. The normalized spacial score (nSPS) is 13.4. The molecule has 0 fully saturated rings. The number of hydrogen-bond acceptors (Lipinski definition) is 0. The monoisotopic (exact) mass is 422 g/mol. The molecule has 5 aromatic rings. The second-order valence-corrected chi connectivity index (χ2v) is 9.16. The Balaban J connectivity index is 1.73. The van der Waals surface area contributed by atoms with Crippen molar-refractivity contribution in [2.75, 3.05) is 0 Å². The lowest BCUT2D eigenvalue weighted by Crippen LogP contribution is -2.28. The number of aryl methyl sites for hydroxylation is 2. The van der Waals surface area contributed by atoms with Crippen molar-refractivity contribution >= 4 is 0 Å². The molecular formula is C33H26. The fourth-order valence-corrected chi connectivity index (χ4v) is 5.53. The van der Waals surface area contributed by atoms with Crippen LogP contribution < -0.4 is 0 Å². The third kappa shape index (κ3) is 2.98. The predicted molar refractivity (Wildman–Crippen MR) is 139 cm³/mol. The summed E-state index contributed by atoms with van der Waals surface area (Å²) in [5, 5.41) is 0. The fraction of sp³-hybridized carbons (Fsp3) is 0.0909. The molecule has 0 atom stereocenters. The van der Waals surface area contributed by atoms with Crippen LogP contribution in [0.1, 0.15) is 33.4 Å². The second-order valence-electron chi connectivity index (χ2n) is 9.16. The maximum Gasteiger partial charge on any atom is 0.0713 e. The van der Waals surface area contributed by atoms with Crippen LogP contribution in [0, 0.1) is 13.8 Å². The number of hydrogen-bond donors (Lipinski definition) is 0. The van der Waals surface area contributed by atoms with Gasteiger partial charge in [0.1, 0.15) is 0 Å². The Morgan fingerprint density at radius 2 is 0.909 bits per heavy atom. The summed E-state index contributed by atoms with van der Waals surface area (Å²) in [6.45, 7) is 4.34. The fourth-order valence-electron chi connectivity index (χ4n) is 5.53. The summed E-state index contributed by atoms with van der Waals surface area (Å²) < 4.78 is 0. The highest BCUT2D eigenvalue weighted by molar-refractivity contribution is 5.88. The summed E-state index contributed by atoms with van der Waals surface area (Å²) in [5.74, 6) is 0. The molecule has 0 heterocycles. The molecule has 6 rings (SSSR count). The van der Waals surface area contributed by atoms with Crippen LogP contribution >= 0.6 is 0 Å². The van der Waals surface area contributed by atoms with Gasteiger partial charge in [-0.25, -0.2) is 0 Å². The molecule has 0 spiro atoms. The van der Waals surface area contributed by atoms with Crippen molar-refractivity contribution in [2.45, 2.75) is 19.3 Å². The molecular weight excluding hydrogens is 396 g/mol. The smallest absolute Gasteiger partial charge is 0.0622 e. The zero-order chi connectivity index (χ0) is 22.4. The van der Waals surface area contributed by atoms with E-state index in [4.69, 9.17) is 0 Å². The molecule has 0 amide bonds. The van der Waals surface area contributed by atoms with Crippen molar-refractivity contribution in [2.24, 2.45) is 0 Å². The summed E-state index contributed by atoms with van der Waals surface area (Å²) in [4.78, 5) is 0. The van der Waals surface area contributed by atoms with Gasteiger partial charge >= 0.3 is 0 Å². The summed E-state index contributed by atoms with van der Waals surface area (Å²) in [6, 6.07) is 44.8. The van der Waals surface area contributed by atoms with Crippen LogP contribution in [0.5, 0.6) is 0 Å². The van der Waals surface area contributed by atoms with Gasteiger partial charge in [0.05, 0.1) is 5.41 Å². The van der Waals surface area contributed by atoms with E-state index in [1.54, 1.807) is 0 Å². The SMILES string of the molecule is Cc1ccc(-c2ccc3c(c2)C(c2ccccc2)(c2ccccc2)c2cc(C)ccc2-3)cc1. The summed E-state index contributed by atoms with van der Waals surface area (Å²) in [5.41, 5.74) is 12.7. The third-order valence-corrected chi connectivity index (χ3v) is 7.09. The molecule has 0 bridgehead atoms. The van der Waals surface area contributed by atoms with Crippen molar-refractivity contribution in [3.05, 3.63) is 155 Å². The van der Waals surface area contributed by atoms with E-state index in [9.17, 15) is 0 Å². The minimum atomic E-state index is -0.347. The Morgan fingerprint density at radius 1 is 0.424 bits per heavy atom. The van der Waals surface area contributed by atoms with E-state index in [-0.39, 0.29) is 5.41 Å².